The summed E-state index contributed by atoms with van der Waals surface area (Å²) in [5.41, 5.74) is 1.85. The van der Waals surface area contributed by atoms with Gasteiger partial charge in [0.15, 0.2) is 0 Å². The van der Waals surface area contributed by atoms with Crippen molar-refractivity contribution in [1.82, 2.24) is 4.98 Å². The Morgan fingerprint density at radius 2 is 2.00 bits per heavy atom. The van der Waals surface area contributed by atoms with Crippen molar-refractivity contribution >= 4 is 15.7 Å². The van der Waals surface area contributed by atoms with Crippen LogP contribution in [0.3, 0.4) is 0 Å². The molecule has 4 nitrogen and oxygen atoms in total. The van der Waals surface area contributed by atoms with E-state index in [-0.39, 0.29) is 10.9 Å². The first kappa shape index (κ1) is 12.2. The minimum atomic E-state index is -3.53. The van der Waals surface area contributed by atoms with Crippen molar-refractivity contribution in [3.63, 3.8) is 0 Å². The predicted molar refractivity (Wildman–Crippen MR) is 73.5 cm³/mol. The van der Waals surface area contributed by atoms with Crippen LogP contribution < -0.4 is 4.31 Å². The Labute approximate surface area is 112 Å². The molecule has 0 N–H and O–H groups in total. The molecule has 0 saturated heterocycles. The molecule has 2 aromatic rings. The number of hydrogen-bond acceptors (Lipinski definition) is 3. The highest BCUT2D eigenvalue weighted by Gasteiger charge is 2.35. The maximum atomic E-state index is 12.7. The number of nitrogens with zero attached hydrogens (tertiary/aromatic N) is 2. The topological polar surface area (TPSA) is 50.3 Å². The summed E-state index contributed by atoms with van der Waals surface area (Å²) in [6, 6.07) is 10.8. The Morgan fingerprint density at radius 1 is 1.21 bits per heavy atom. The molecule has 3 rings (SSSR count). The third-order valence-electron chi connectivity index (χ3n) is 3.34. The van der Waals surface area contributed by atoms with Crippen LogP contribution in [-0.2, 0) is 16.4 Å². The maximum absolute atomic E-state index is 12.7. The highest BCUT2D eigenvalue weighted by molar-refractivity contribution is 7.92. The molecule has 1 aliphatic rings. The van der Waals surface area contributed by atoms with E-state index in [9.17, 15) is 8.42 Å². The lowest BCUT2D eigenvalue weighted by molar-refractivity contribution is 0.584. The fourth-order valence-corrected chi connectivity index (χ4v) is 4.17. The average Bonchev–Trinajstić information content (AvgIpc) is 2.76. The zero-order valence-corrected chi connectivity index (χ0v) is 11.3. The molecule has 98 valence electrons. The summed E-state index contributed by atoms with van der Waals surface area (Å²) in [7, 11) is -3.53. The van der Waals surface area contributed by atoms with Crippen molar-refractivity contribution in [3.8, 4) is 0 Å². The molecule has 1 atom stereocenters. The molecular weight excluding hydrogens is 260 g/mol. The van der Waals surface area contributed by atoms with Gasteiger partial charge in [-0.1, -0.05) is 18.2 Å². The van der Waals surface area contributed by atoms with Crippen molar-refractivity contribution in [2.24, 2.45) is 0 Å². The molecule has 0 amide bonds. The molecule has 2 heterocycles. The van der Waals surface area contributed by atoms with Gasteiger partial charge in [-0.3, -0.25) is 9.29 Å². The van der Waals surface area contributed by atoms with E-state index in [0.29, 0.717) is 0 Å². The van der Waals surface area contributed by atoms with Crippen LogP contribution in [0.15, 0.2) is 53.7 Å². The Kier molecular flexibility index (Phi) is 2.78. The summed E-state index contributed by atoms with van der Waals surface area (Å²) in [5, 5.41) is 0. The number of para-hydroxylation sites is 1. The van der Waals surface area contributed by atoms with Crippen LogP contribution in [-0.4, -0.2) is 19.4 Å². The van der Waals surface area contributed by atoms with Gasteiger partial charge in [0.1, 0.15) is 4.90 Å². The second-order valence-electron chi connectivity index (χ2n) is 4.67. The molecule has 0 saturated carbocycles. The van der Waals surface area contributed by atoms with Crippen molar-refractivity contribution in [1.29, 1.82) is 0 Å². The lowest BCUT2D eigenvalue weighted by atomic mass is 10.1. The van der Waals surface area contributed by atoms with Gasteiger partial charge in [0.25, 0.3) is 10.0 Å². The standard InChI is InChI=1S/C14H14N2O2S/c1-11-9-12-5-2-3-7-14(12)16(11)19(17,18)13-6-4-8-15-10-13/h2-8,10-11H,9H2,1H3. The first-order valence-electron chi connectivity index (χ1n) is 6.13. The van der Waals surface area contributed by atoms with E-state index in [1.807, 2.05) is 31.2 Å². The second-order valence-corrected chi connectivity index (χ2v) is 6.49. The Morgan fingerprint density at radius 3 is 2.74 bits per heavy atom. The number of sulfonamides is 1. The average molecular weight is 274 g/mol. The minimum Gasteiger partial charge on any atom is -0.263 e. The molecule has 0 fully saturated rings. The van der Waals surface area contributed by atoms with Gasteiger partial charge in [-0.15, -0.1) is 0 Å². The molecule has 5 heteroatoms. The number of benzene rings is 1. The Hall–Kier alpha value is -1.88. The third-order valence-corrected chi connectivity index (χ3v) is 5.25. The Balaban J connectivity index is 2.13. The molecule has 0 bridgehead atoms. The predicted octanol–water partition coefficient (Wildman–Crippen LogP) is 2.22. The van der Waals surface area contributed by atoms with Crippen molar-refractivity contribution in [3.05, 3.63) is 54.4 Å². The van der Waals surface area contributed by atoms with E-state index in [1.165, 1.54) is 10.5 Å². The summed E-state index contributed by atoms with van der Waals surface area (Å²) in [4.78, 5) is 4.13. The van der Waals surface area contributed by atoms with Gasteiger partial charge in [0.2, 0.25) is 0 Å². The number of aromatic nitrogens is 1. The molecule has 1 aromatic carbocycles. The second kappa shape index (κ2) is 4.35. The van der Waals surface area contributed by atoms with Crippen LogP contribution >= 0.6 is 0 Å². The minimum absolute atomic E-state index is 0.0670. The van der Waals surface area contributed by atoms with Crippen LogP contribution in [0.1, 0.15) is 12.5 Å². The van der Waals surface area contributed by atoms with Gasteiger partial charge in [-0.05, 0) is 37.1 Å². The van der Waals surface area contributed by atoms with Crippen LogP contribution in [0.5, 0.6) is 0 Å². The van der Waals surface area contributed by atoms with Crippen LogP contribution in [0.2, 0.25) is 0 Å². The van der Waals surface area contributed by atoms with Crippen molar-refractivity contribution < 1.29 is 8.42 Å². The summed E-state index contributed by atoms with van der Waals surface area (Å²) >= 11 is 0. The molecule has 1 aromatic heterocycles. The van der Waals surface area contributed by atoms with Gasteiger partial charge in [-0.25, -0.2) is 8.42 Å². The highest BCUT2D eigenvalue weighted by atomic mass is 32.2. The summed E-state index contributed by atoms with van der Waals surface area (Å²) in [6.07, 6.45) is 3.71. The highest BCUT2D eigenvalue weighted by Crippen LogP contribution is 2.36. The number of hydrogen-bond donors (Lipinski definition) is 0. The van der Waals surface area contributed by atoms with Crippen molar-refractivity contribution in [2.75, 3.05) is 4.31 Å². The van der Waals surface area contributed by atoms with Crippen LogP contribution in [0.25, 0.3) is 0 Å². The summed E-state index contributed by atoms with van der Waals surface area (Å²) in [6.45, 7) is 1.92. The quantitative estimate of drug-likeness (QED) is 0.843. The molecule has 1 aliphatic heterocycles. The van der Waals surface area contributed by atoms with E-state index in [4.69, 9.17) is 0 Å². The Bertz CT molecular complexity index is 698. The maximum Gasteiger partial charge on any atom is 0.266 e. The third kappa shape index (κ3) is 1.90. The van der Waals surface area contributed by atoms with Gasteiger partial charge in [0, 0.05) is 18.4 Å². The SMILES string of the molecule is CC1Cc2ccccc2N1S(=O)(=O)c1cccnc1. The molecule has 0 radical (unpaired) electrons. The molecular formula is C14H14N2O2S. The molecule has 0 aliphatic carbocycles. The number of anilines is 1. The van der Waals surface area contributed by atoms with Gasteiger partial charge < -0.3 is 0 Å². The van der Waals surface area contributed by atoms with Crippen LogP contribution in [0.4, 0.5) is 5.69 Å². The zero-order chi connectivity index (χ0) is 13.5. The summed E-state index contributed by atoms with van der Waals surface area (Å²) < 4.78 is 26.9. The van der Waals surface area contributed by atoms with E-state index in [0.717, 1.165) is 17.7 Å². The fraction of sp³-hybridized carbons (Fsp3) is 0.214. The number of rotatable bonds is 2. The summed E-state index contributed by atoms with van der Waals surface area (Å²) in [5.74, 6) is 0. The van der Waals surface area contributed by atoms with Gasteiger partial charge in [-0.2, -0.15) is 0 Å². The smallest absolute Gasteiger partial charge is 0.263 e. The molecule has 1 unspecified atom stereocenters. The lowest BCUT2D eigenvalue weighted by Crippen LogP contribution is -2.35. The molecule has 19 heavy (non-hydrogen) atoms. The fourth-order valence-electron chi connectivity index (χ4n) is 2.52. The van der Waals surface area contributed by atoms with E-state index < -0.39 is 10.0 Å². The van der Waals surface area contributed by atoms with E-state index in [2.05, 4.69) is 4.98 Å². The number of fused-ring (bicyclic) bond motifs is 1. The first-order chi connectivity index (χ1) is 9.10. The zero-order valence-electron chi connectivity index (χ0n) is 10.5. The van der Waals surface area contributed by atoms with Gasteiger partial charge in [0.05, 0.1) is 5.69 Å². The van der Waals surface area contributed by atoms with Crippen molar-refractivity contribution in [2.45, 2.75) is 24.3 Å². The largest absolute Gasteiger partial charge is 0.266 e. The van der Waals surface area contributed by atoms with Gasteiger partial charge >= 0.3 is 0 Å². The van der Waals surface area contributed by atoms with E-state index in [1.54, 1.807) is 18.3 Å². The molecule has 0 spiro atoms. The lowest BCUT2D eigenvalue weighted by Gasteiger charge is -2.24. The first-order valence-corrected chi connectivity index (χ1v) is 7.57. The number of pyridine rings is 1. The van der Waals surface area contributed by atoms with E-state index >= 15 is 0 Å². The monoisotopic (exact) mass is 274 g/mol. The normalized spacial score (nSPS) is 18.4. The van der Waals surface area contributed by atoms with Crippen LogP contribution in [0, 0.1) is 0 Å².